The van der Waals surface area contributed by atoms with Gasteiger partial charge in [-0.05, 0) is 25.0 Å². The second-order valence-corrected chi connectivity index (χ2v) is 5.71. The number of fused-ring (bicyclic) bond motifs is 1. The molecule has 2 aliphatic rings. The van der Waals surface area contributed by atoms with E-state index in [1.165, 1.54) is 0 Å². The van der Waals surface area contributed by atoms with Crippen molar-refractivity contribution in [3.63, 3.8) is 0 Å². The summed E-state index contributed by atoms with van der Waals surface area (Å²) >= 11 is 1.81. The summed E-state index contributed by atoms with van der Waals surface area (Å²) < 4.78 is 0. The van der Waals surface area contributed by atoms with Gasteiger partial charge in [0.15, 0.2) is 0 Å². The van der Waals surface area contributed by atoms with E-state index in [-0.39, 0.29) is 5.56 Å². The van der Waals surface area contributed by atoms with E-state index in [2.05, 4.69) is 9.97 Å². The predicted octanol–water partition coefficient (Wildman–Crippen LogP) is 0.764. The highest BCUT2D eigenvalue weighted by atomic mass is 32.2. The monoisotopic (exact) mass is 237 g/mol. The molecule has 4 nitrogen and oxygen atoms in total. The van der Waals surface area contributed by atoms with Crippen LogP contribution in [0.2, 0.25) is 0 Å². The van der Waals surface area contributed by atoms with Crippen LogP contribution in [-0.2, 0) is 12.2 Å². The number of nitrogens with one attached hydrogen (secondary N) is 1. The average molecular weight is 237 g/mol. The van der Waals surface area contributed by atoms with Gasteiger partial charge >= 0.3 is 0 Å². The maximum Gasteiger partial charge on any atom is 0.255 e. The zero-order chi connectivity index (χ0) is 11.1. The maximum absolute atomic E-state index is 11.9. The van der Waals surface area contributed by atoms with Gasteiger partial charge in [0.1, 0.15) is 5.82 Å². The summed E-state index contributed by atoms with van der Waals surface area (Å²) in [7, 11) is 0. The summed E-state index contributed by atoms with van der Waals surface area (Å²) in [6, 6.07) is 0.293. The number of aryl methyl sites for hydroxylation is 1. The van der Waals surface area contributed by atoms with Crippen molar-refractivity contribution in [2.75, 3.05) is 5.75 Å². The third-order valence-electron chi connectivity index (χ3n) is 3.41. The number of aromatic amines is 1. The molecule has 0 unspecified atom stereocenters. The number of rotatable bonds is 1. The third-order valence-corrected chi connectivity index (χ3v) is 4.40. The lowest BCUT2D eigenvalue weighted by molar-refractivity contribution is 0.336. The van der Waals surface area contributed by atoms with Crippen LogP contribution >= 0.6 is 11.8 Å². The van der Waals surface area contributed by atoms with E-state index in [0.717, 1.165) is 47.8 Å². The Bertz CT molecular complexity index is 465. The number of hydrogen-bond donors (Lipinski definition) is 2. The number of nitrogens with two attached hydrogens (primary N) is 1. The Labute approximate surface area is 98.0 Å². The molecule has 1 fully saturated rings. The molecular weight excluding hydrogens is 222 g/mol. The fourth-order valence-corrected chi connectivity index (χ4v) is 3.32. The lowest BCUT2D eigenvalue weighted by Crippen LogP contribution is -2.37. The van der Waals surface area contributed by atoms with Gasteiger partial charge in [0.05, 0.1) is 5.69 Å². The van der Waals surface area contributed by atoms with Crippen LogP contribution in [0.15, 0.2) is 4.79 Å². The number of H-pyrrole nitrogens is 1. The molecule has 0 spiro atoms. The minimum absolute atomic E-state index is 0.0627. The van der Waals surface area contributed by atoms with E-state index >= 15 is 0 Å². The predicted molar refractivity (Wildman–Crippen MR) is 64.7 cm³/mol. The molecule has 1 aromatic heterocycles. The van der Waals surface area contributed by atoms with Crippen LogP contribution in [0, 0.1) is 0 Å². The summed E-state index contributed by atoms with van der Waals surface area (Å²) in [6.45, 7) is 0. The zero-order valence-electron chi connectivity index (χ0n) is 9.03. The SMILES string of the molecule is N[C@H]1C[C@H](c2nc3c(c(=O)[nH]2)CSCC3)C1. The van der Waals surface area contributed by atoms with Gasteiger partial charge in [-0.1, -0.05) is 0 Å². The number of nitrogens with zero attached hydrogens (tertiary/aromatic N) is 1. The van der Waals surface area contributed by atoms with Gasteiger partial charge in [0.2, 0.25) is 0 Å². The smallest absolute Gasteiger partial charge is 0.255 e. The van der Waals surface area contributed by atoms with Crippen molar-refractivity contribution in [2.45, 2.75) is 37.0 Å². The zero-order valence-corrected chi connectivity index (χ0v) is 9.85. The van der Waals surface area contributed by atoms with Crippen molar-refractivity contribution in [1.82, 2.24) is 9.97 Å². The normalized spacial score (nSPS) is 28.3. The molecule has 0 atom stereocenters. The summed E-state index contributed by atoms with van der Waals surface area (Å²) in [5.74, 6) is 3.12. The Morgan fingerprint density at radius 3 is 3.00 bits per heavy atom. The molecule has 0 saturated heterocycles. The summed E-state index contributed by atoms with van der Waals surface area (Å²) in [4.78, 5) is 19.4. The lowest BCUT2D eigenvalue weighted by atomic mass is 9.80. The molecule has 0 radical (unpaired) electrons. The van der Waals surface area contributed by atoms with E-state index in [1.54, 1.807) is 11.8 Å². The number of hydrogen-bond acceptors (Lipinski definition) is 4. The van der Waals surface area contributed by atoms with Crippen LogP contribution in [0.25, 0.3) is 0 Å². The average Bonchev–Trinajstić information content (AvgIpc) is 2.25. The molecule has 0 bridgehead atoms. The van der Waals surface area contributed by atoms with Crippen molar-refractivity contribution in [1.29, 1.82) is 0 Å². The molecule has 1 aliphatic heterocycles. The summed E-state index contributed by atoms with van der Waals surface area (Å²) in [6.07, 6.45) is 2.84. The molecule has 1 saturated carbocycles. The van der Waals surface area contributed by atoms with Crippen LogP contribution in [0.3, 0.4) is 0 Å². The van der Waals surface area contributed by atoms with Gasteiger partial charge < -0.3 is 10.7 Å². The third kappa shape index (κ3) is 1.68. The highest BCUT2D eigenvalue weighted by molar-refractivity contribution is 7.98. The molecule has 16 heavy (non-hydrogen) atoms. The van der Waals surface area contributed by atoms with Gasteiger partial charge in [0, 0.05) is 23.3 Å². The van der Waals surface area contributed by atoms with E-state index in [0.29, 0.717) is 12.0 Å². The molecule has 0 amide bonds. The van der Waals surface area contributed by atoms with Gasteiger partial charge in [-0.25, -0.2) is 4.98 Å². The quantitative estimate of drug-likeness (QED) is 0.756. The molecule has 3 N–H and O–H groups in total. The van der Waals surface area contributed by atoms with Crippen LogP contribution < -0.4 is 11.3 Å². The number of aromatic nitrogens is 2. The minimum atomic E-state index is 0.0627. The lowest BCUT2D eigenvalue weighted by Gasteiger charge is -2.32. The van der Waals surface area contributed by atoms with Gasteiger partial charge in [-0.3, -0.25) is 4.79 Å². The minimum Gasteiger partial charge on any atom is -0.328 e. The van der Waals surface area contributed by atoms with E-state index < -0.39 is 0 Å². The second kappa shape index (κ2) is 3.89. The van der Waals surface area contributed by atoms with E-state index in [1.807, 2.05) is 0 Å². The fourth-order valence-electron chi connectivity index (χ4n) is 2.34. The van der Waals surface area contributed by atoms with Crippen molar-refractivity contribution in [2.24, 2.45) is 5.73 Å². The van der Waals surface area contributed by atoms with E-state index in [4.69, 9.17) is 5.73 Å². The van der Waals surface area contributed by atoms with Crippen molar-refractivity contribution in [3.05, 3.63) is 27.4 Å². The molecule has 1 aromatic rings. The molecule has 86 valence electrons. The van der Waals surface area contributed by atoms with Crippen LogP contribution in [0.5, 0.6) is 0 Å². The highest BCUT2D eigenvalue weighted by Gasteiger charge is 2.30. The molecular formula is C11H15N3OS. The first-order valence-electron chi connectivity index (χ1n) is 5.69. The molecule has 2 heterocycles. The van der Waals surface area contributed by atoms with Crippen LogP contribution in [-0.4, -0.2) is 21.8 Å². The van der Waals surface area contributed by atoms with Gasteiger partial charge in [-0.2, -0.15) is 11.8 Å². The van der Waals surface area contributed by atoms with E-state index in [9.17, 15) is 4.79 Å². The Morgan fingerprint density at radius 1 is 1.44 bits per heavy atom. The standard InChI is InChI=1S/C11H15N3OS/c12-7-3-6(4-7)10-13-9-1-2-16-5-8(9)11(15)14-10/h6-7H,1-5,12H2,(H,13,14,15)/t6-,7-. The van der Waals surface area contributed by atoms with Crippen molar-refractivity contribution in [3.8, 4) is 0 Å². The highest BCUT2D eigenvalue weighted by Crippen LogP contribution is 2.33. The molecule has 1 aliphatic carbocycles. The Hall–Kier alpha value is -0.810. The molecule has 0 aromatic carbocycles. The molecule has 3 rings (SSSR count). The Balaban J connectivity index is 1.96. The van der Waals surface area contributed by atoms with Crippen molar-refractivity contribution >= 4 is 11.8 Å². The first kappa shape index (κ1) is 10.4. The van der Waals surface area contributed by atoms with Crippen LogP contribution in [0.1, 0.15) is 35.8 Å². The summed E-state index contributed by atoms with van der Waals surface area (Å²) in [5, 5.41) is 0. The second-order valence-electron chi connectivity index (χ2n) is 4.61. The maximum atomic E-state index is 11.9. The Kier molecular flexibility index (Phi) is 2.52. The first-order chi connectivity index (χ1) is 7.74. The molecule has 5 heteroatoms. The van der Waals surface area contributed by atoms with Crippen molar-refractivity contribution < 1.29 is 0 Å². The topological polar surface area (TPSA) is 71.8 Å². The largest absolute Gasteiger partial charge is 0.328 e. The summed E-state index contributed by atoms with van der Waals surface area (Å²) in [5.41, 5.74) is 7.71. The number of thioether (sulfide) groups is 1. The fraction of sp³-hybridized carbons (Fsp3) is 0.636. The first-order valence-corrected chi connectivity index (χ1v) is 6.85. The van der Waals surface area contributed by atoms with Gasteiger partial charge in [-0.15, -0.1) is 0 Å². The van der Waals surface area contributed by atoms with Crippen LogP contribution in [0.4, 0.5) is 0 Å². The Morgan fingerprint density at radius 2 is 2.25 bits per heavy atom. The van der Waals surface area contributed by atoms with Gasteiger partial charge in [0.25, 0.3) is 5.56 Å².